The Bertz CT molecular complexity index is 380. The van der Waals surface area contributed by atoms with Crippen molar-refractivity contribution in [2.75, 3.05) is 6.54 Å². The summed E-state index contributed by atoms with van der Waals surface area (Å²) in [6.07, 6.45) is 4.44. The predicted octanol–water partition coefficient (Wildman–Crippen LogP) is 1.69. The fraction of sp³-hybridized carbons (Fsp3) is 0.750. The van der Waals surface area contributed by atoms with Gasteiger partial charge in [-0.05, 0) is 46.1 Å². The number of rotatable bonds is 4. The minimum absolute atomic E-state index is 0.00664. The summed E-state index contributed by atoms with van der Waals surface area (Å²) in [6, 6.07) is 0. The van der Waals surface area contributed by atoms with Crippen molar-refractivity contribution in [3.05, 3.63) is 11.4 Å². The SMILES string of the molecule is Cc1nn(C)c(C)c1OC1(CCN)CCC1. The zero-order valence-corrected chi connectivity index (χ0v) is 10.4. The second kappa shape index (κ2) is 4.09. The quantitative estimate of drug-likeness (QED) is 0.845. The van der Waals surface area contributed by atoms with Gasteiger partial charge in [-0.1, -0.05) is 0 Å². The molecule has 4 heteroatoms. The fourth-order valence-electron chi connectivity index (χ4n) is 2.36. The summed E-state index contributed by atoms with van der Waals surface area (Å²) in [7, 11) is 1.95. The van der Waals surface area contributed by atoms with Crippen LogP contribution in [0.25, 0.3) is 0 Å². The van der Waals surface area contributed by atoms with Crippen molar-refractivity contribution in [1.29, 1.82) is 0 Å². The summed E-state index contributed by atoms with van der Waals surface area (Å²) in [5.41, 5.74) is 7.72. The second-order valence-corrected chi connectivity index (χ2v) is 4.80. The first kappa shape index (κ1) is 11.5. The van der Waals surface area contributed by atoms with Gasteiger partial charge in [0.25, 0.3) is 0 Å². The number of ether oxygens (including phenoxy) is 1. The van der Waals surface area contributed by atoms with Crippen molar-refractivity contribution in [2.45, 2.75) is 45.1 Å². The maximum atomic E-state index is 6.20. The number of nitrogens with two attached hydrogens (primary N) is 1. The van der Waals surface area contributed by atoms with E-state index in [9.17, 15) is 0 Å². The van der Waals surface area contributed by atoms with Crippen LogP contribution >= 0.6 is 0 Å². The monoisotopic (exact) mass is 223 g/mol. The highest BCUT2D eigenvalue weighted by atomic mass is 16.5. The Labute approximate surface area is 96.8 Å². The summed E-state index contributed by atoms with van der Waals surface area (Å²) >= 11 is 0. The normalized spacial score (nSPS) is 18.2. The molecule has 0 saturated heterocycles. The molecule has 1 aliphatic carbocycles. The summed E-state index contributed by atoms with van der Waals surface area (Å²) in [6.45, 7) is 4.74. The molecule has 0 aliphatic heterocycles. The molecule has 1 saturated carbocycles. The molecule has 1 aromatic heterocycles. The lowest BCUT2D eigenvalue weighted by Crippen LogP contribution is -2.45. The second-order valence-electron chi connectivity index (χ2n) is 4.80. The molecule has 0 bridgehead atoms. The maximum absolute atomic E-state index is 6.20. The van der Waals surface area contributed by atoms with Crippen LogP contribution in [0.1, 0.15) is 37.1 Å². The van der Waals surface area contributed by atoms with Crippen LogP contribution in [0.2, 0.25) is 0 Å². The van der Waals surface area contributed by atoms with Gasteiger partial charge in [-0.25, -0.2) is 0 Å². The first-order valence-electron chi connectivity index (χ1n) is 5.97. The average molecular weight is 223 g/mol. The molecular weight excluding hydrogens is 202 g/mol. The molecule has 1 aliphatic rings. The van der Waals surface area contributed by atoms with Gasteiger partial charge < -0.3 is 10.5 Å². The van der Waals surface area contributed by atoms with Crippen LogP contribution in [0.3, 0.4) is 0 Å². The number of aromatic nitrogens is 2. The molecule has 0 aromatic carbocycles. The van der Waals surface area contributed by atoms with Gasteiger partial charge >= 0.3 is 0 Å². The maximum Gasteiger partial charge on any atom is 0.163 e. The van der Waals surface area contributed by atoms with Gasteiger partial charge in [0, 0.05) is 7.05 Å². The smallest absolute Gasteiger partial charge is 0.163 e. The van der Waals surface area contributed by atoms with Crippen LogP contribution in [0, 0.1) is 13.8 Å². The van der Waals surface area contributed by atoms with Gasteiger partial charge in [0.2, 0.25) is 0 Å². The van der Waals surface area contributed by atoms with Gasteiger partial charge in [-0.3, -0.25) is 4.68 Å². The van der Waals surface area contributed by atoms with Crippen LogP contribution in [0.5, 0.6) is 5.75 Å². The Balaban J connectivity index is 2.19. The Morgan fingerprint density at radius 2 is 2.12 bits per heavy atom. The third-order valence-electron chi connectivity index (χ3n) is 3.63. The van der Waals surface area contributed by atoms with Gasteiger partial charge in [0.15, 0.2) is 5.75 Å². The first-order chi connectivity index (χ1) is 7.58. The van der Waals surface area contributed by atoms with Gasteiger partial charge in [0.05, 0.1) is 5.69 Å². The van der Waals surface area contributed by atoms with Crippen molar-refractivity contribution in [3.8, 4) is 5.75 Å². The third-order valence-corrected chi connectivity index (χ3v) is 3.63. The van der Waals surface area contributed by atoms with Crippen LogP contribution in [0.15, 0.2) is 0 Å². The van der Waals surface area contributed by atoms with Crippen molar-refractivity contribution in [1.82, 2.24) is 9.78 Å². The average Bonchev–Trinajstić information content (AvgIpc) is 2.41. The lowest BCUT2D eigenvalue weighted by atomic mass is 9.77. The Morgan fingerprint density at radius 3 is 2.50 bits per heavy atom. The molecule has 1 aromatic rings. The summed E-state index contributed by atoms with van der Waals surface area (Å²) in [5, 5.41) is 4.37. The lowest BCUT2D eigenvalue weighted by molar-refractivity contribution is -0.0136. The van der Waals surface area contributed by atoms with E-state index in [1.807, 2.05) is 25.6 Å². The van der Waals surface area contributed by atoms with Crippen molar-refractivity contribution >= 4 is 0 Å². The molecule has 0 amide bonds. The number of hydrogen-bond donors (Lipinski definition) is 1. The summed E-state index contributed by atoms with van der Waals surface area (Å²) in [5.74, 6) is 0.954. The van der Waals surface area contributed by atoms with E-state index in [-0.39, 0.29) is 5.60 Å². The predicted molar refractivity (Wildman–Crippen MR) is 63.6 cm³/mol. The van der Waals surface area contributed by atoms with Crippen LogP contribution in [-0.4, -0.2) is 21.9 Å². The Kier molecular flexibility index (Phi) is 2.93. The molecule has 16 heavy (non-hydrogen) atoms. The molecule has 90 valence electrons. The number of aryl methyl sites for hydroxylation is 2. The van der Waals surface area contributed by atoms with Gasteiger partial charge in [0.1, 0.15) is 11.3 Å². The molecule has 0 atom stereocenters. The Morgan fingerprint density at radius 1 is 1.44 bits per heavy atom. The highest BCUT2D eigenvalue weighted by Gasteiger charge is 2.39. The van der Waals surface area contributed by atoms with E-state index < -0.39 is 0 Å². The molecule has 2 rings (SSSR count). The number of nitrogens with zero attached hydrogens (tertiary/aromatic N) is 2. The highest BCUT2D eigenvalue weighted by Crippen LogP contribution is 2.40. The van der Waals surface area contributed by atoms with E-state index in [2.05, 4.69) is 5.10 Å². The van der Waals surface area contributed by atoms with E-state index in [0.29, 0.717) is 6.54 Å². The molecule has 1 fully saturated rings. The minimum atomic E-state index is -0.00664. The van der Waals surface area contributed by atoms with Crippen LogP contribution in [-0.2, 0) is 7.05 Å². The van der Waals surface area contributed by atoms with E-state index in [1.54, 1.807) is 0 Å². The van der Waals surface area contributed by atoms with E-state index in [1.165, 1.54) is 6.42 Å². The third kappa shape index (κ3) is 1.82. The van der Waals surface area contributed by atoms with Crippen molar-refractivity contribution in [3.63, 3.8) is 0 Å². The largest absolute Gasteiger partial charge is 0.483 e. The highest BCUT2D eigenvalue weighted by molar-refractivity contribution is 5.32. The fourth-order valence-corrected chi connectivity index (χ4v) is 2.36. The van der Waals surface area contributed by atoms with E-state index >= 15 is 0 Å². The van der Waals surface area contributed by atoms with Crippen molar-refractivity contribution < 1.29 is 4.74 Å². The molecule has 0 radical (unpaired) electrons. The van der Waals surface area contributed by atoms with E-state index in [4.69, 9.17) is 10.5 Å². The van der Waals surface area contributed by atoms with Gasteiger partial charge in [-0.15, -0.1) is 0 Å². The zero-order chi connectivity index (χ0) is 11.8. The molecule has 0 spiro atoms. The Hall–Kier alpha value is -1.03. The standard InChI is InChI=1S/C12H21N3O/c1-9-11(10(2)15(3)14-9)16-12(7-8-13)5-4-6-12/h4-8,13H2,1-3H3. The van der Waals surface area contributed by atoms with Crippen LogP contribution in [0.4, 0.5) is 0 Å². The molecule has 2 N–H and O–H groups in total. The molecule has 4 nitrogen and oxygen atoms in total. The van der Waals surface area contributed by atoms with Gasteiger partial charge in [-0.2, -0.15) is 5.10 Å². The molecular formula is C12H21N3O. The minimum Gasteiger partial charge on any atom is -0.483 e. The number of hydrogen-bond acceptors (Lipinski definition) is 3. The topological polar surface area (TPSA) is 53.1 Å². The van der Waals surface area contributed by atoms with Crippen molar-refractivity contribution in [2.24, 2.45) is 12.8 Å². The summed E-state index contributed by atoms with van der Waals surface area (Å²) in [4.78, 5) is 0. The first-order valence-corrected chi connectivity index (χ1v) is 5.97. The van der Waals surface area contributed by atoms with E-state index in [0.717, 1.165) is 36.4 Å². The molecule has 0 unspecified atom stereocenters. The summed E-state index contributed by atoms with van der Waals surface area (Å²) < 4.78 is 8.07. The van der Waals surface area contributed by atoms with Crippen LogP contribution < -0.4 is 10.5 Å². The zero-order valence-electron chi connectivity index (χ0n) is 10.4. The molecule has 1 heterocycles. The lowest BCUT2D eigenvalue weighted by Gasteiger charge is -2.41.